The molecule has 0 bridgehead atoms. The molecule has 0 aliphatic heterocycles. The van der Waals surface area contributed by atoms with Crippen LogP contribution in [-0.2, 0) is 17.1 Å². The molecule has 208 valence electrons. The Morgan fingerprint density at radius 3 is 1.54 bits per heavy atom. The topological polar surface area (TPSA) is 0 Å². The molecular weight excluding hydrogens is 675 g/mol. The summed E-state index contributed by atoms with van der Waals surface area (Å²) in [6.07, 6.45) is 15.8. The number of hydrogen-bond acceptors (Lipinski definition) is 0. The van der Waals surface area contributed by atoms with Gasteiger partial charge < -0.3 is 0 Å². The van der Waals surface area contributed by atoms with Gasteiger partial charge in [-0.1, -0.05) is 0 Å². The van der Waals surface area contributed by atoms with Crippen molar-refractivity contribution in [1.82, 2.24) is 0 Å². The summed E-state index contributed by atoms with van der Waals surface area (Å²) in [5.41, 5.74) is 11.0. The Hall–Kier alpha value is -2.55. The van der Waals surface area contributed by atoms with Crippen LogP contribution >= 0.6 is 0 Å². The van der Waals surface area contributed by atoms with Gasteiger partial charge in [-0.2, -0.15) is 0 Å². The predicted molar refractivity (Wildman–Crippen MR) is 180 cm³/mol. The second-order valence-corrected chi connectivity index (χ2v) is 60.6. The van der Waals surface area contributed by atoms with Gasteiger partial charge in [0.2, 0.25) is 0 Å². The molecule has 0 aromatic heterocycles. The molecule has 2 atom stereocenters. The molecule has 4 aromatic rings. The molecule has 4 aromatic carbocycles. The maximum absolute atomic E-state index is 3.78. The van der Waals surface area contributed by atoms with Gasteiger partial charge in [0.1, 0.15) is 0 Å². The summed E-state index contributed by atoms with van der Waals surface area (Å²) in [7, 11) is 0. The first-order valence-corrected chi connectivity index (χ1v) is 34.6. The first-order chi connectivity index (χ1) is 19.9. The van der Waals surface area contributed by atoms with E-state index in [1.165, 1.54) is 65.1 Å². The van der Waals surface area contributed by atoms with Crippen molar-refractivity contribution in [3.8, 4) is 22.3 Å². The Morgan fingerprint density at radius 1 is 0.585 bits per heavy atom. The third-order valence-corrected chi connectivity index (χ3v) is 68.7. The van der Waals surface area contributed by atoms with Crippen molar-refractivity contribution in [2.45, 2.75) is 61.9 Å². The van der Waals surface area contributed by atoms with Crippen LogP contribution in [0.5, 0.6) is 0 Å². The molecule has 6 rings (SSSR count). The van der Waals surface area contributed by atoms with Crippen LogP contribution in [0, 0.1) is 0 Å². The molecule has 0 radical (unpaired) electrons. The average Bonchev–Trinajstić information content (AvgIpc) is 3.66. The molecule has 2 aliphatic rings. The second-order valence-electron chi connectivity index (χ2n) is 13.2. The summed E-state index contributed by atoms with van der Waals surface area (Å²) in [4.78, 5) is 0. The maximum atomic E-state index is 2.88. The zero-order chi connectivity index (χ0) is 28.5. The van der Waals surface area contributed by atoms with E-state index in [9.17, 15) is 0 Å². The van der Waals surface area contributed by atoms with Gasteiger partial charge in [-0.3, -0.25) is 0 Å². The summed E-state index contributed by atoms with van der Waals surface area (Å²) in [6, 6.07) is 37.7. The van der Waals surface area contributed by atoms with Gasteiger partial charge in [-0.15, -0.1) is 0 Å². The van der Waals surface area contributed by atoms with E-state index >= 15 is 0 Å². The van der Waals surface area contributed by atoms with E-state index in [1.54, 1.807) is 11.1 Å². The van der Waals surface area contributed by atoms with Crippen molar-refractivity contribution in [2.24, 2.45) is 0 Å². The zero-order valence-corrected chi connectivity index (χ0v) is 29.8. The molecule has 0 saturated heterocycles. The van der Waals surface area contributed by atoms with Crippen LogP contribution in [0.2, 0.25) is 22.0 Å². The van der Waals surface area contributed by atoms with Crippen molar-refractivity contribution < 1.29 is 17.1 Å². The third-order valence-electron chi connectivity index (χ3n) is 10.7. The number of benzene rings is 4. The van der Waals surface area contributed by atoms with Crippen molar-refractivity contribution in [1.29, 1.82) is 0 Å². The normalized spacial score (nSPS) is 17.5. The summed E-state index contributed by atoms with van der Waals surface area (Å²) in [6.45, 7) is 5.07. The summed E-state index contributed by atoms with van der Waals surface area (Å²) in [5.74, 6) is 0. The fourth-order valence-corrected chi connectivity index (χ4v) is 51.5. The van der Waals surface area contributed by atoms with Gasteiger partial charge >= 0.3 is 250 Å². The van der Waals surface area contributed by atoms with E-state index in [-0.39, 0.29) is 0 Å². The molecule has 0 nitrogen and oxygen atoms in total. The van der Waals surface area contributed by atoms with Crippen LogP contribution < -0.4 is 0 Å². The van der Waals surface area contributed by atoms with Gasteiger partial charge in [-0.05, 0) is 0 Å². The molecule has 2 unspecified atom stereocenters. The van der Waals surface area contributed by atoms with Gasteiger partial charge in [0.15, 0.2) is 0 Å². The van der Waals surface area contributed by atoms with Crippen molar-refractivity contribution in [2.75, 3.05) is 0 Å². The van der Waals surface area contributed by atoms with Gasteiger partial charge in [0, 0.05) is 0 Å². The number of fused-ring (bicyclic) bond motifs is 2. The molecule has 0 heterocycles. The average molecular weight is 719 g/mol. The summed E-state index contributed by atoms with van der Waals surface area (Å²) < 4.78 is 6.92. The Kier molecular flexibility index (Phi) is 8.09. The number of rotatable bonds is 9. The van der Waals surface area contributed by atoms with E-state index in [2.05, 4.69) is 144 Å². The zero-order valence-electron chi connectivity index (χ0n) is 25.2. The van der Waals surface area contributed by atoms with E-state index in [1.807, 2.05) is 0 Å². The van der Waals surface area contributed by atoms with Crippen LogP contribution in [0.15, 0.2) is 109 Å². The standard InChI is InChI=1S/2C15H11.C7H16Si.2CH3.Hf/c2*1-2-6-12(7-3-1)14-10-4-8-13-9-5-11-15(13)14;1-3-4-5-6-7-8-2;;;/h2*1-11H;3-7H2,1-2H3;2*1H3;. The molecule has 41 heavy (non-hydrogen) atoms. The Morgan fingerprint density at radius 2 is 1.07 bits per heavy atom. The van der Waals surface area contributed by atoms with Crippen molar-refractivity contribution in [3.05, 3.63) is 131 Å². The molecule has 2 heteroatoms. The predicted octanol–water partition coefficient (Wildman–Crippen LogP) is 11.8. The van der Waals surface area contributed by atoms with Crippen LogP contribution in [0.1, 0.15) is 62.2 Å². The van der Waals surface area contributed by atoms with Gasteiger partial charge in [0.05, 0.1) is 0 Å². The third kappa shape index (κ3) is 4.95. The van der Waals surface area contributed by atoms with Gasteiger partial charge in [-0.25, -0.2) is 0 Å². The molecule has 0 spiro atoms. The Bertz CT molecular complexity index is 1570. The van der Waals surface area contributed by atoms with E-state index in [4.69, 9.17) is 0 Å². The molecule has 0 amide bonds. The van der Waals surface area contributed by atoms with Crippen molar-refractivity contribution in [3.63, 3.8) is 0 Å². The van der Waals surface area contributed by atoms with E-state index in [0.29, 0.717) is 7.35 Å². The SMILES string of the molecule is CCCCCC[Si](C)=[Hf]([CH3])([CH3])([CH]1C=Cc2c(-c3ccccc3)cccc21)[CH]1C=Cc2c(-c3ccccc3)cccc21. The minimum absolute atomic E-state index is 0.580. The summed E-state index contributed by atoms with van der Waals surface area (Å²) >= 11 is -3.78. The molecule has 2 aliphatic carbocycles. The van der Waals surface area contributed by atoms with E-state index in [0.717, 1.165) is 0 Å². The Labute approximate surface area is 248 Å². The summed E-state index contributed by atoms with van der Waals surface area (Å²) in [5, 5.41) is 0. The minimum atomic E-state index is -3.78. The fourth-order valence-electron chi connectivity index (χ4n) is 7.90. The Balaban J connectivity index is 1.52. The molecule has 0 N–H and O–H groups in total. The number of hydrogen-bond donors (Lipinski definition) is 0. The first kappa shape index (κ1) is 28.6. The molecular formula is C39H44HfSi. The van der Waals surface area contributed by atoms with Gasteiger partial charge in [0.25, 0.3) is 0 Å². The fraction of sp³-hybridized carbons (Fsp3) is 0.282. The molecule has 0 fully saturated rings. The quantitative estimate of drug-likeness (QED) is 0.119. The first-order valence-electron chi connectivity index (χ1n) is 15.7. The number of unbranched alkanes of at least 4 members (excludes halogenated alkanes) is 3. The van der Waals surface area contributed by atoms with Crippen LogP contribution in [0.4, 0.5) is 0 Å². The van der Waals surface area contributed by atoms with Crippen LogP contribution in [0.25, 0.3) is 34.4 Å². The second kappa shape index (κ2) is 11.6. The molecule has 0 saturated carbocycles. The van der Waals surface area contributed by atoms with E-state index < -0.39 is 22.6 Å². The monoisotopic (exact) mass is 720 g/mol. The number of allylic oxidation sites excluding steroid dienone is 2. The van der Waals surface area contributed by atoms with Crippen LogP contribution in [0.3, 0.4) is 0 Å². The van der Waals surface area contributed by atoms with Crippen molar-refractivity contribution >= 4 is 17.6 Å². The van der Waals surface area contributed by atoms with Crippen LogP contribution in [-0.4, -0.2) is 5.49 Å².